The molecule has 5 nitrogen and oxygen atoms in total. The number of hydrogen-bond acceptors (Lipinski definition) is 3. The second-order valence-electron chi connectivity index (χ2n) is 5.27. The molecule has 0 saturated heterocycles. The molecule has 5 heteroatoms. The first-order valence-corrected chi connectivity index (χ1v) is 6.99. The number of ether oxygens (including phenoxy) is 1. The summed E-state index contributed by atoms with van der Waals surface area (Å²) in [5.74, 6) is -0.605. The number of aryl methyl sites for hydroxylation is 1. The van der Waals surface area contributed by atoms with E-state index in [1.807, 2.05) is 31.5 Å². The third kappa shape index (κ3) is 2.74. The maximum atomic E-state index is 12.5. The Morgan fingerprint density at radius 2 is 1.82 bits per heavy atom. The Labute approximate surface area is 129 Å². The first kappa shape index (κ1) is 15.8. The van der Waals surface area contributed by atoms with Crippen molar-refractivity contribution >= 4 is 17.6 Å². The van der Waals surface area contributed by atoms with Crippen LogP contribution in [-0.2, 0) is 11.8 Å². The molecule has 1 aromatic carbocycles. The zero-order valence-electron chi connectivity index (χ0n) is 13.5. The Morgan fingerprint density at radius 3 is 2.36 bits per heavy atom. The lowest BCUT2D eigenvalue weighted by molar-refractivity contribution is 0.0599. The van der Waals surface area contributed by atoms with E-state index in [1.54, 1.807) is 25.1 Å². The Balaban J connectivity index is 2.33. The van der Waals surface area contributed by atoms with Gasteiger partial charge in [-0.1, -0.05) is 6.07 Å². The van der Waals surface area contributed by atoms with E-state index < -0.39 is 5.97 Å². The predicted octanol–water partition coefficient (Wildman–Crippen LogP) is 2.99. The minimum atomic E-state index is -0.416. The number of nitrogens with one attached hydrogen (secondary N) is 1. The molecule has 2 rings (SSSR count). The van der Waals surface area contributed by atoms with Crippen LogP contribution in [0.2, 0.25) is 0 Å². The van der Waals surface area contributed by atoms with E-state index in [2.05, 4.69) is 5.32 Å². The molecule has 0 radical (unpaired) electrons. The lowest BCUT2D eigenvalue weighted by Gasteiger charge is -2.11. The Morgan fingerprint density at radius 1 is 1.14 bits per heavy atom. The van der Waals surface area contributed by atoms with E-state index in [1.165, 1.54) is 7.11 Å². The molecule has 1 N–H and O–H groups in total. The number of anilines is 1. The van der Waals surface area contributed by atoms with Gasteiger partial charge in [0.2, 0.25) is 0 Å². The second-order valence-corrected chi connectivity index (χ2v) is 5.27. The summed E-state index contributed by atoms with van der Waals surface area (Å²) in [7, 11) is 3.26. The number of carbonyl (C=O) groups excluding carboxylic acids is 2. The second kappa shape index (κ2) is 6.05. The number of aromatic nitrogens is 1. The number of hydrogen-bond donors (Lipinski definition) is 1. The molecule has 0 bridgehead atoms. The standard InChI is InChI=1S/C17H20N2O3/c1-10-9-14(12(3)19(10)4)16(20)18-15-8-6-7-13(11(15)2)17(21)22-5/h6-9H,1-5H3,(H,18,20). The molecule has 0 unspecified atom stereocenters. The molecule has 2 aromatic rings. The van der Waals surface area contributed by atoms with Crippen molar-refractivity contribution in [2.24, 2.45) is 7.05 Å². The van der Waals surface area contributed by atoms with Gasteiger partial charge in [0.05, 0.1) is 18.2 Å². The van der Waals surface area contributed by atoms with E-state index >= 15 is 0 Å². The van der Waals surface area contributed by atoms with Crippen LogP contribution < -0.4 is 5.32 Å². The van der Waals surface area contributed by atoms with Crippen molar-refractivity contribution in [1.29, 1.82) is 0 Å². The third-order valence-corrected chi connectivity index (χ3v) is 4.01. The smallest absolute Gasteiger partial charge is 0.338 e. The monoisotopic (exact) mass is 300 g/mol. The van der Waals surface area contributed by atoms with Gasteiger partial charge in [-0.2, -0.15) is 0 Å². The van der Waals surface area contributed by atoms with Crippen LogP contribution in [0.3, 0.4) is 0 Å². The molecule has 22 heavy (non-hydrogen) atoms. The average Bonchev–Trinajstić information content (AvgIpc) is 2.76. The zero-order valence-corrected chi connectivity index (χ0v) is 13.5. The average molecular weight is 300 g/mol. The summed E-state index contributed by atoms with van der Waals surface area (Å²) >= 11 is 0. The Bertz CT molecular complexity index is 745. The van der Waals surface area contributed by atoms with Crippen molar-refractivity contribution in [3.05, 3.63) is 52.3 Å². The normalized spacial score (nSPS) is 10.4. The van der Waals surface area contributed by atoms with Gasteiger partial charge in [0.1, 0.15) is 0 Å². The van der Waals surface area contributed by atoms with Crippen molar-refractivity contribution in [3.63, 3.8) is 0 Å². The molecule has 0 aliphatic rings. The first-order chi connectivity index (χ1) is 10.4. The third-order valence-electron chi connectivity index (χ3n) is 4.01. The van der Waals surface area contributed by atoms with E-state index in [9.17, 15) is 9.59 Å². The van der Waals surface area contributed by atoms with Gasteiger partial charge in [-0.3, -0.25) is 4.79 Å². The fraction of sp³-hybridized carbons (Fsp3) is 0.294. The van der Waals surface area contributed by atoms with Crippen molar-refractivity contribution in [2.75, 3.05) is 12.4 Å². The van der Waals surface area contributed by atoms with Crippen LogP contribution >= 0.6 is 0 Å². The summed E-state index contributed by atoms with van der Waals surface area (Å²) in [6, 6.07) is 7.02. The summed E-state index contributed by atoms with van der Waals surface area (Å²) < 4.78 is 6.71. The minimum absolute atomic E-state index is 0.189. The van der Waals surface area contributed by atoms with Crippen LogP contribution in [0.25, 0.3) is 0 Å². The number of carbonyl (C=O) groups is 2. The molecule has 116 valence electrons. The Hall–Kier alpha value is -2.56. The fourth-order valence-electron chi connectivity index (χ4n) is 2.38. The van der Waals surface area contributed by atoms with E-state index in [-0.39, 0.29) is 5.91 Å². The first-order valence-electron chi connectivity index (χ1n) is 6.99. The predicted molar refractivity (Wildman–Crippen MR) is 85.4 cm³/mol. The number of benzene rings is 1. The topological polar surface area (TPSA) is 60.3 Å². The molecular weight excluding hydrogens is 280 g/mol. The minimum Gasteiger partial charge on any atom is -0.465 e. The highest BCUT2D eigenvalue weighted by atomic mass is 16.5. The van der Waals surface area contributed by atoms with Gasteiger partial charge in [-0.15, -0.1) is 0 Å². The summed E-state index contributed by atoms with van der Waals surface area (Å²) in [4.78, 5) is 24.2. The van der Waals surface area contributed by atoms with Gasteiger partial charge in [-0.05, 0) is 44.5 Å². The van der Waals surface area contributed by atoms with Crippen LogP contribution in [0.5, 0.6) is 0 Å². The van der Waals surface area contributed by atoms with E-state index in [0.717, 1.165) is 11.4 Å². The summed E-state index contributed by atoms with van der Waals surface area (Å²) in [6.07, 6.45) is 0. The largest absolute Gasteiger partial charge is 0.465 e. The van der Waals surface area contributed by atoms with Crippen LogP contribution in [0.1, 0.15) is 37.7 Å². The fourth-order valence-corrected chi connectivity index (χ4v) is 2.38. The van der Waals surface area contributed by atoms with Crippen LogP contribution in [0, 0.1) is 20.8 Å². The number of methoxy groups -OCH3 is 1. The molecule has 1 aromatic heterocycles. The van der Waals surface area contributed by atoms with E-state index in [0.29, 0.717) is 22.4 Å². The summed E-state index contributed by atoms with van der Waals surface area (Å²) in [5, 5.41) is 2.87. The molecule has 0 spiro atoms. The maximum Gasteiger partial charge on any atom is 0.338 e. The lowest BCUT2D eigenvalue weighted by atomic mass is 10.1. The molecular formula is C17H20N2O3. The number of esters is 1. The van der Waals surface area contributed by atoms with Crippen LogP contribution in [0.15, 0.2) is 24.3 Å². The molecule has 0 atom stereocenters. The van der Waals surface area contributed by atoms with Crippen molar-refractivity contribution < 1.29 is 14.3 Å². The number of amides is 1. The van der Waals surface area contributed by atoms with Gasteiger partial charge in [0.25, 0.3) is 5.91 Å². The molecule has 0 aliphatic heterocycles. The SMILES string of the molecule is COC(=O)c1cccc(NC(=O)c2cc(C)n(C)c2C)c1C. The van der Waals surface area contributed by atoms with Gasteiger partial charge < -0.3 is 14.6 Å². The van der Waals surface area contributed by atoms with E-state index in [4.69, 9.17) is 4.74 Å². The van der Waals surface area contributed by atoms with Crippen molar-refractivity contribution in [3.8, 4) is 0 Å². The molecule has 1 amide bonds. The zero-order chi connectivity index (χ0) is 16.4. The van der Waals surface area contributed by atoms with Crippen molar-refractivity contribution in [2.45, 2.75) is 20.8 Å². The van der Waals surface area contributed by atoms with Gasteiger partial charge in [0.15, 0.2) is 0 Å². The van der Waals surface area contributed by atoms with Crippen LogP contribution in [0.4, 0.5) is 5.69 Å². The quantitative estimate of drug-likeness (QED) is 0.886. The van der Waals surface area contributed by atoms with Crippen LogP contribution in [-0.4, -0.2) is 23.6 Å². The van der Waals surface area contributed by atoms with Crippen molar-refractivity contribution in [1.82, 2.24) is 4.57 Å². The maximum absolute atomic E-state index is 12.5. The molecule has 0 aliphatic carbocycles. The van der Waals surface area contributed by atoms with Gasteiger partial charge >= 0.3 is 5.97 Å². The number of nitrogens with zero attached hydrogens (tertiary/aromatic N) is 1. The lowest BCUT2D eigenvalue weighted by Crippen LogP contribution is -2.15. The number of rotatable bonds is 3. The molecule has 0 fully saturated rings. The highest BCUT2D eigenvalue weighted by Crippen LogP contribution is 2.22. The molecule has 1 heterocycles. The van der Waals surface area contributed by atoms with Gasteiger partial charge in [-0.25, -0.2) is 4.79 Å². The highest BCUT2D eigenvalue weighted by molar-refractivity contribution is 6.06. The van der Waals surface area contributed by atoms with Gasteiger partial charge in [0, 0.05) is 24.1 Å². The summed E-state index contributed by atoms with van der Waals surface area (Å²) in [5.41, 5.74) is 4.28. The highest BCUT2D eigenvalue weighted by Gasteiger charge is 2.17. The Kier molecular flexibility index (Phi) is 4.35. The molecule has 0 saturated carbocycles. The summed E-state index contributed by atoms with van der Waals surface area (Å²) in [6.45, 7) is 5.64.